The second kappa shape index (κ2) is 6.53. The molecule has 19 heavy (non-hydrogen) atoms. The molecule has 2 atom stereocenters. The third kappa shape index (κ3) is 3.80. The number of benzene rings is 1. The molecule has 106 valence electrons. The molecule has 0 aromatic heterocycles. The van der Waals surface area contributed by atoms with E-state index in [0.717, 1.165) is 19.6 Å². The molecule has 0 amide bonds. The van der Waals surface area contributed by atoms with Crippen LogP contribution >= 0.6 is 0 Å². The van der Waals surface area contributed by atoms with Crippen molar-refractivity contribution in [3.05, 3.63) is 35.4 Å². The van der Waals surface area contributed by atoms with E-state index in [2.05, 4.69) is 49.9 Å². The minimum Gasteiger partial charge on any atom is -0.330 e. The van der Waals surface area contributed by atoms with Crippen LogP contribution in [0.1, 0.15) is 50.7 Å². The Kier molecular flexibility index (Phi) is 5.00. The van der Waals surface area contributed by atoms with Crippen molar-refractivity contribution in [3.63, 3.8) is 0 Å². The fourth-order valence-corrected chi connectivity index (χ4v) is 2.92. The van der Waals surface area contributed by atoms with E-state index in [1.54, 1.807) is 0 Å². The summed E-state index contributed by atoms with van der Waals surface area (Å²) in [6.45, 7) is 9.88. The summed E-state index contributed by atoms with van der Waals surface area (Å²) in [5.41, 5.74) is 8.68. The highest BCUT2D eigenvalue weighted by Crippen LogP contribution is 2.23. The third-order valence-corrected chi connectivity index (χ3v) is 4.47. The van der Waals surface area contributed by atoms with Crippen LogP contribution in [0.2, 0.25) is 0 Å². The van der Waals surface area contributed by atoms with Gasteiger partial charge in [-0.2, -0.15) is 0 Å². The summed E-state index contributed by atoms with van der Waals surface area (Å²) < 4.78 is 0. The summed E-state index contributed by atoms with van der Waals surface area (Å²) in [5, 5.41) is 0. The van der Waals surface area contributed by atoms with E-state index < -0.39 is 0 Å². The predicted octanol–water partition coefficient (Wildman–Crippen LogP) is 3.37. The zero-order valence-electron chi connectivity index (χ0n) is 12.6. The largest absolute Gasteiger partial charge is 0.330 e. The van der Waals surface area contributed by atoms with Crippen LogP contribution in [0.3, 0.4) is 0 Å². The second-order valence-electron chi connectivity index (χ2n) is 6.35. The molecular formula is C17H28N2. The number of rotatable bonds is 4. The van der Waals surface area contributed by atoms with Crippen molar-refractivity contribution in [2.75, 3.05) is 13.1 Å². The normalized spacial score (nSPS) is 24.9. The highest BCUT2D eigenvalue weighted by atomic mass is 15.2. The van der Waals surface area contributed by atoms with Gasteiger partial charge in [0.2, 0.25) is 0 Å². The second-order valence-corrected chi connectivity index (χ2v) is 6.35. The van der Waals surface area contributed by atoms with Crippen molar-refractivity contribution in [2.45, 2.75) is 52.1 Å². The van der Waals surface area contributed by atoms with Crippen molar-refractivity contribution in [2.24, 2.45) is 11.7 Å². The van der Waals surface area contributed by atoms with Gasteiger partial charge >= 0.3 is 0 Å². The Morgan fingerprint density at radius 3 is 2.47 bits per heavy atom. The van der Waals surface area contributed by atoms with E-state index in [9.17, 15) is 0 Å². The molecule has 1 fully saturated rings. The molecule has 2 rings (SSSR count). The zero-order chi connectivity index (χ0) is 13.8. The van der Waals surface area contributed by atoms with E-state index in [1.165, 1.54) is 24.0 Å². The van der Waals surface area contributed by atoms with Gasteiger partial charge in [0.25, 0.3) is 0 Å². The van der Waals surface area contributed by atoms with Crippen molar-refractivity contribution >= 4 is 0 Å². The molecule has 1 saturated heterocycles. The molecule has 0 radical (unpaired) electrons. The maximum Gasteiger partial charge on any atom is 0.0236 e. The minimum absolute atomic E-state index is 0.615. The Hall–Kier alpha value is -0.860. The smallest absolute Gasteiger partial charge is 0.0236 e. The maximum atomic E-state index is 5.83. The predicted molar refractivity (Wildman–Crippen MR) is 82.2 cm³/mol. The lowest BCUT2D eigenvalue weighted by Crippen LogP contribution is -2.43. The highest BCUT2D eigenvalue weighted by Gasteiger charge is 2.24. The molecule has 1 aromatic carbocycles. The van der Waals surface area contributed by atoms with Crippen LogP contribution < -0.4 is 5.73 Å². The average Bonchev–Trinajstić information content (AvgIpc) is 2.42. The molecule has 0 spiro atoms. The first-order valence-corrected chi connectivity index (χ1v) is 7.63. The Bertz CT molecular complexity index is 383. The molecule has 1 aliphatic rings. The van der Waals surface area contributed by atoms with Gasteiger partial charge in [0.1, 0.15) is 0 Å². The number of nitrogens with two attached hydrogens (primary N) is 1. The van der Waals surface area contributed by atoms with Crippen LogP contribution in [0.25, 0.3) is 0 Å². The SMILES string of the molecule is CC(C)c1ccc(CN2CC(CN)CCC2C)cc1. The average molecular weight is 260 g/mol. The van der Waals surface area contributed by atoms with E-state index in [4.69, 9.17) is 5.73 Å². The Balaban J connectivity index is 1.99. The number of hydrogen-bond donors (Lipinski definition) is 1. The molecular weight excluding hydrogens is 232 g/mol. The van der Waals surface area contributed by atoms with Crippen LogP contribution in [0.15, 0.2) is 24.3 Å². The number of piperidine rings is 1. The Labute approximate surface area is 118 Å². The van der Waals surface area contributed by atoms with Gasteiger partial charge in [0, 0.05) is 19.1 Å². The number of nitrogens with zero attached hydrogens (tertiary/aromatic N) is 1. The quantitative estimate of drug-likeness (QED) is 0.899. The van der Waals surface area contributed by atoms with Crippen LogP contribution in [0, 0.1) is 5.92 Å². The van der Waals surface area contributed by atoms with Crippen LogP contribution in [-0.2, 0) is 6.54 Å². The molecule has 1 heterocycles. The lowest BCUT2D eigenvalue weighted by Gasteiger charge is -2.37. The lowest BCUT2D eigenvalue weighted by molar-refractivity contribution is 0.113. The van der Waals surface area contributed by atoms with Crippen molar-refractivity contribution in [1.29, 1.82) is 0 Å². The summed E-state index contributed by atoms with van der Waals surface area (Å²) in [4.78, 5) is 2.59. The molecule has 2 unspecified atom stereocenters. The number of likely N-dealkylation sites (tertiary alicyclic amines) is 1. The maximum absolute atomic E-state index is 5.83. The zero-order valence-corrected chi connectivity index (χ0v) is 12.6. The standard InChI is InChI=1S/C17H28N2/c1-13(2)17-8-6-15(7-9-17)11-19-12-16(10-18)5-4-14(19)3/h6-9,13-14,16H,4-5,10-12,18H2,1-3H3. The fraction of sp³-hybridized carbons (Fsp3) is 0.647. The molecule has 2 heteroatoms. The van der Waals surface area contributed by atoms with Crippen molar-refractivity contribution in [3.8, 4) is 0 Å². The van der Waals surface area contributed by atoms with Gasteiger partial charge < -0.3 is 5.73 Å². The first-order valence-electron chi connectivity index (χ1n) is 7.63. The van der Waals surface area contributed by atoms with Crippen molar-refractivity contribution in [1.82, 2.24) is 4.90 Å². The Morgan fingerprint density at radius 1 is 1.21 bits per heavy atom. The van der Waals surface area contributed by atoms with E-state index in [1.807, 2.05) is 0 Å². The molecule has 2 N–H and O–H groups in total. The first-order chi connectivity index (χ1) is 9.10. The van der Waals surface area contributed by atoms with Crippen LogP contribution in [-0.4, -0.2) is 24.0 Å². The molecule has 1 aromatic rings. The van der Waals surface area contributed by atoms with Gasteiger partial charge in [-0.15, -0.1) is 0 Å². The van der Waals surface area contributed by atoms with Crippen LogP contribution in [0.4, 0.5) is 0 Å². The van der Waals surface area contributed by atoms with Gasteiger partial charge in [-0.05, 0) is 49.3 Å². The third-order valence-electron chi connectivity index (χ3n) is 4.47. The van der Waals surface area contributed by atoms with Gasteiger partial charge in [-0.25, -0.2) is 0 Å². The monoisotopic (exact) mass is 260 g/mol. The van der Waals surface area contributed by atoms with Gasteiger partial charge in [0.05, 0.1) is 0 Å². The Morgan fingerprint density at radius 2 is 1.89 bits per heavy atom. The van der Waals surface area contributed by atoms with Gasteiger partial charge in [0.15, 0.2) is 0 Å². The lowest BCUT2D eigenvalue weighted by atomic mass is 9.93. The van der Waals surface area contributed by atoms with E-state index in [-0.39, 0.29) is 0 Å². The summed E-state index contributed by atoms with van der Waals surface area (Å²) in [6.07, 6.45) is 2.58. The summed E-state index contributed by atoms with van der Waals surface area (Å²) in [6, 6.07) is 9.80. The van der Waals surface area contributed by atoms with Crippen molar-refractivity contribution < 1.29 is 0 Å². The van der Waals surface area contributed by atoms with E-state index in [0.29, 0.717) is 17.9 Å². The summed E-state index contributed by atoms with van der Waals surface area (Å²) in [7, 11) is 0. The fourth-order valence-electron chi connectivity index (χ4n) is 2.92. The molecule has 2 nitrogen and oxygen atoms in total. The van der Waals surface area contributed by atoms with E-state index >= 15 is 0 Å². The molecule has 0 bridgehead atoms. The summed E-state index contributed by atoms with van der Waals surface area (Å²) in [5.74, 6) is 1.30. The first kappa shape index (κ1) is 14.5. The van der Waals surface area contributed by atoms with Gasteiger partial charge in [-0.1, -0.05) is 38.1 Å². The molecule has 1 aliphatic heterocycles. The molecule has 0 saturated carbocycles. The minimum atomic E-state index is 0.615. The summed E-state index contributed by atoms with van der Waals surface area (Å²) >= 11 is 0. The number of hydrogen-bond acceptors (Lipinski definition) is 2. The van der Waals surface area contributed by atoms with Gasteiger partial charge in [-0.3, -0.25) is 4.90 Å². The highest BCUT2D eigenvalue weighted by molar-refractivity contribution is 5.24. The molecule has 0 aliphatic carbocycles. The topological polar surface area (TPSA) is 29.3 Å². The van der Waals surface area contributed by atoms with Crippen LogP contribution in [0.5, 0.6) is 0 Å².